The predicted molar refractivity (Wildman–Crippen MR) is 80.1 cm³/mol. The highest BCUT2D eigenvalue weighted by Gasteiger charge is 2.23. The highest BCUT2D eigenvalue weighted by atomic mass is 32.2. The molecule has 0 bridgehead atoms. The number of thioether (sulfide) groups is 1. The van der Waals surface area contributed by atoms with Crippen molar-refractivity contribution in [2.45, 2.75) is 24.0 Å². The topological polar surface area (TPSA) is 99.8 Å². The number of amides is 3. The number of nitrogens with one attached hydrogen (secondary N) is 3. The Morgan fingerprint density at radius 2 is 2.33 bits per heavy atom. The van der Waals surface area contributed by atoms with Crippen LogP contribution in [-0.2, 0) is 4.79 Å². The van der Waals surface area contributed by atoms with Crippen LogP contribution >= 0.6 is 23.1 Å². The lowest BCUT2D eigenvalue weighted by Crippen LogP contribution is -2.41. The summed E-state index contributed by atoms with van der Waals surface area (Å²) in [6, 6.07) is 3.67. The normalized spacial score (nSPS) is 13.9. The van der Waals surface area contributed by atoms with E-state index in [-0.39, 0.29) is 17.7 Å². The van der Waals surface area contributed by atoms with E-state index >= 15 is 0 Å². The molecule has 0 saturated heterocycles. The van der Waals surface area contributed by atoms with Crippen LogP contribution in [0.4, 0.5) is 4.79 Å². The van der Waals surface area contributed by atoms with Crippen molar-refractivity contribution in [3.05, 3.63) is 17.5 Å². The van der Waals surface area contributed by atoms with E-state index < -0.39 is 6.03 Å². The number of rotatable bonds is 5. The molecule has 0 aromatic carbocycles. The lowest BCUT2D eigenvalue weighted by Gasteiger charge is -2.03. The summed E-state index contributed by atoms with van der Waals surface area (Å²) in [6.45, 7) is 0. The minimum atomic E-state index is -0.433. The third-order valence-corrected chi connectivity index (χ3v) is 4.44. The van der Waals surface area contributed by atoms with Gasteiger partial charge in [0.1, 0.15) is 0 Å². The van der Waals surface area contributed by atoms with Gasteiger partial charge < -0.3 is 5.32 Å². The van der Waals surface area contributed by atoms with Crippen LogP contribution in [0.2, 0.25) is 0 Å². The number of thiophene rings is 1. The molecular weight excluding hydrogens is 310 g/mol. The van der Waals surface area contributed by atoms with Gasteiger partial charge in [-0.15, -0.1) is 16.4 Å². The molecule has 3 amide bonds. The number of hydrogen-bond donors (Lipinski definition) is 3. The fourth-order valence-electron chi connectivity index (χ4n) is 1.58. The Balaban J connectivity index is 1.46. The number of hydrogen-bond acceptors (Lipinski definition) is 6. The molecule has 2 heterocycles. The van der Waals surface area contributed by atoms with E-state index in [9.17, 15) is 9.59 Å². The molecule has 0 radical (unpaired) electrons. The molecule has 1 aliphatic carbocycles. The first-order valence-electron chi connectivity index (χ1n) is 6.40. The maximum Gasteiger partial charge on any atom is 0.321 e. The van der Waals surface area contributed by atoms with Crippen LogP contribution in [0.1, 0.15) is 12.8 Å². The summed E-state index contributed by atoms with van der Waals surface area (Å²) >= 11 is 2.74. The molecule has 3 rings (SSSR count). The minimum absolute atomic E-state index is 0.0970. The molecule has 2 aromatic heterocycles. The van der Waals surface area contributed by atoms with E-state index in [0.29, 0.717) is 11.0 Å². The summed E-state index contributed by atoms with van der Waals surface area (Å²) in [6.07, 6.45) is 1.97. The summed E-state index contributed by atoms with van der Waals surface area (Å²) in [5.74, 6) is 0.416. The molecule has 7 nitrogen and oxygen atoms in total. The summed E-state index contributed by atoms with van der Waals surface area (Å²) in [5, 5.41) is 14.3. The molecule has 9 heteroatoms. The quantitative estimate of drug-likeness (QED) is 0.726. The van der Waals surface area contributed by atoms with Crippen LogP contribution < -0.4 is 10.6 Å². The van der Waals surface area contributed by atoms with Gasteiger partial charge in [0.2, 0.25) is 11.1 Å². The molecule has 21 heavy (non-hydrogen) atoms. The van der Waals surface area contributed by atoms with Crippen molar-refractivity contribution in [2.75, 3.05) is 5.75 Å². The summed E-state index contributed by atoms with van der Waals surface area (Å²) in [4.78, 5) is 28.3. The average molecular weight is 323 g/mol. The summed E-state index contributed by atoms with van der Waals surface area (Å²) < 4.78 is 0. The van der Waals surface area contributed by atoms with E-state index in [2.05, 4.69) is 25.8 Å². The average Bonchev–Trinajstić information content (AvgIpc) is 2.97. The van der Waals surface area contributed by atoms with Gasteiger partial charge >= 0.3 is 6.03 Å². The molecule has 0 spiro atoms. The van der Waals surface area contributed by atoms with E-state index in [0.717, 1.165) is 17.7 Å². The fraction of sp³-hybridized carbons (Fsp3) is 0.333. The Morgan fingerprint density at radius 3 is 3.05 bits per heavy atom. The molecule has 110 valence electrons. The van der Waals surface area contributed by atoms with Gasteiger partial charge in [0.15, 0.2) is 5.82 Å². The SMILES string of the molecule is O=C(CSc1n[nH]c(-c2cccs2)n1)NC(=O)NC1CC1. The lowest BCUT2D eigenvalue weighted by atomic mass is 10.4. The minimum Gasteiger partial charge on any atom is -0.335 e. The molecule has 1 saturated carbocycles. The Morgan fingerprint density at radius 1 is 1.48 bits per heavy atom. The second-order valence-corrected chi connectivity index (χ2v) is 6.42. The Bertz CT molecular complexity index is 636. The lowest BCUT2D eigenvalue weighted by molar-refractivity contribution is -0.117. The first kappa shape index (κ1) is 14.1. The van der Waals surface area contributed by atoms with Crippen LogP contribution in [0, 0.1) is 0 Å². The molecule has 0 atom stereocenters. The first-order valence-corrected chi connectivity index (χ1v) is 8.26. The molecule has 0 aliphatic heterocycles. The van der Waals surface area contributed by atoms with E-state index in [1.807, 2.05) is 17.5 Å². The van der Waals surface area contributed by atoms with Gasteiger partial charge in [-0.1, -0.05) is 17.8 Å². The molecule has 2 aromatic rings. The van der Waals surface area contributed by atoms with Gasteiger partial charge in [-0.3, -0.25) is 15.2 Å². The number of urea groups is 1. The molecule has 0 unspecified atom stereocenters. The van der Waals surface area contributed by atoms with Crippen molar-refractivity contribution in [2.24, 2.45) is 0 Å². The molecule has 1 aliphatic rings. The highest BCUT2D eigenvalue weighted by molar-refractivity contribution is 7.99. The van der Waals surface area contributed by atoms with Gasteiger partial charge in [0.05, 0.1) is 10.6 Å². The van der Waals surface area contributed by atoms with Crippen LogP contribution in [0.3, 0.4) is 0 Å². The van der Waals surface area contributed by atoms with Crippen molar-refractivity contribution >= 4 is 35.0 Å². The maximum absolute atomic E-state index is 11.6. The number of H-pyrrole nitrogens is 1. The van der Waals surface area contributed by atoms with Gasteiger partial charge in [-0.25, -0.2) is 9.78 Å². The van der Waals surface area contributed by atoms with Crippen molar-refractivity contribution in [1.29, 1.82) is 0 Å². The largest absolute Gasteiger partial charge is 0.335 e. The Hall–Kier alpha value is -1.87. The van der Waals surface area contributed by atoms with Gasteiger partial charge in [0, 0.05) is 6.04 Å². The number of carbonyl (C=O) groups excluding carboxylic acids is 2. The second-order valence-electron chi connectivity index (χ2n) is 4.53. The Kier molecular flexibility index (Phi) is 4.20. The van der Waals surface area contributed by atoms with Crippen LogP contribution in [0.25, 0.3) is 10.7 Å². The standard InChI is InChI=1S/C12H13N5O2S2/c18-9(14-11(19)13-7-3-4-7)6-21-12-15-10(16-17-12)8-2-1-5-20-8/h1-2,5,7H,3-4,6H2,(H,15,16,17)(H2,13,14,18,19). The first-order chi connectivity index (χ1) is 10.2. The van der Waals surface area contributed by atoms with E-state index in [1.165, 1.54) is 11.8 Å². The van der Waals surface area contributed by atoms with Crippen molar-refractivity contribution in [3.63, 3.8) is 0 Å². The Labute approximate surface area is 128 Å². The summed E-state index contributed by atoms with van der Waals surface area (Å²) in [5.41, 5.74) is 0. The van der Waals surface area contributed by atoms with E-state index in [4.69, 9.17) is 0 Å². The predicted octanol–water partition coefficient (Wildman–Crippen LogP) is 1.61. The zero-order valence-electron chi connectivity index (χ0n) is 11.0. The maximum atomic E-state index is 11.6. The second kappa shape index (κ2) is 6.27. The highest BCUT2D eigenvalue weighted by Crippen LogP contribution is 2.23. The number of aromatic nitrogens is 3. The number of aromatic amines is 1. The fourth-order valence-corrected chi connectivity index (χ4v) is 2.84. The summed E-state index contributed by atoms with van der Waals surface area (Å²) in [7, 11) is 0. The van der Waals surface area contributed by atoms with Crippen LogP contribution in [0.5, 0.6) is 0 Å². The van der Waals surface area contributed by atoms with Crippen LogP contribution in [-0.4, -0.2) is 38.9 Å². The third-order valence-electron chi connectivity index (χ3n) is 2.72. The molecule has 1 fully saturated rings. The molecule has 3 N–H and O–H groups in total. The number of carbonyl (C=O) groups is 2. The van der Waals surface area contributed by atoms with Gasteiger partial charge in [-0.05, 0) is 24.3 Å². The van der Waals surface area contributed by atoms with Crippen molar-refractivity contribution in [1.82, 2.24) is 25.8 Å². The van der Waals surface area contributed by atoms with Crippen molar-refractivity contribution in [3.8, 4) is 10.7 Å². The van der Waals surface area contributed by atoms with Crippen LogP contribution in [0.15, 0.2) is 22.7 Å². The number of nitrogens with zero attached hydrogens (tertiary/aromatic N) is 2. The number of imide groups is 1. The van der Waals surface area contributed by atoms with E-state index in [1.54, 1.807) is 11.3 Å². The van der Waals surface area contributed by atoms with Gasteiger partial charge in [0.25, 0.3) is 0 Å². The zero-order valence-corrected chi connectivity index (χ0v) is 12.6. The van der Waals surface area contributed by atoms with Crippen molar-refractivity contribution < 1.29 is 9.59 Å². The third kappa shape index (κ3) is 4.05. The smallest absolute Gasteiger partial charge is 0.321 e. The monoisotopic (exact) mass is 323 g/mol. The molecular formula is C12H13N5O2S2. The van der Waals surface area contributed by atoms with Gasteiger partial charge in [-0.2, -0.15) is 0 Å². The zero-order chi connectivity index (χ0) is 14.7.